The number of hydrogen-bond acceptors (Lipinski definition) is 4. The summed E-state index contributed by atoms with van der Waals surface area (Å²) in [4.78, 5) is 18.9. The maximum Gasteiger partial charge on any atom is 0.257 e. The molecule has 3 rings (SSSR count). The first-order valence-corrected chi connectivity index (χ1v) is 6.86. The fourth-order valence-corrected chi connectivity index (χ4v) is 2.67. The predicted molar refractivity (Wildman–Crippen MR) is 72.1 cm³/mol. The maximum absolute atomic E-state index is 12.7. The van der Waals surface area contributed by atoms with Crippen LogP contribution in [0.3, 0.4) is 0 Å². The number of hydrogen-bond donors (Lipinski definition) is 2. The van der Waals surface area contributed by atoms with Crippen molar-refractivity contribution in [2.45, 2.75) is 39.2 Å². The van der Waals surface area contributed by atoms with E-state index in [0.29, 0.717) is 11.4 Å². The van der Waals surface area contributed by atoms with Gasteiger partial charge >= 0.3 is 0 Å². The molecule has 2 aromatic heterocycles. The smallest absolute Gasteiger partial charge is 0.257 e. The molecule has 1 amide bonds. The van der Waals surface area contributed by atoms with Gasteiger partial charge in [-0.05, 0) is 33.1 Å². The molecule has 0 spiro atoms. The number of rotatable bonds is 2. The van der Waals surface area contributed by atoms with Crippen molar-refractivity contribution < 1.29 is 4.79 Å². The minimum absolute atomic E-state index is 0.00315. The van der Waals surface area contributed by atoms with E-state index >= 15 is 0 Å². The van der Waals surface area contributed by atoms with E-state index in [1.54, 1.807) is 6.20 Å². The number of piperidine rings is 1. The number of nitrogens with zero attached hydrogens (tertiary/aromatic N) is 4. The van der Waals surface area contributed by atoms with E-state index in [2.05, 4.69) is 25.4 Å². The molecule has 1 unspecified atom stereocenters. The van der Waals surface area contributed by atoms with Crippen LogP contribution in [0.15, 0.2) is 6.20 Å². The molecular formula is C13H18N6O. The van der Waals surface area contributed by atoms with Gasteiger partial charge in [0.25, 0.3) is 5.91 Å². The standard InChI is InChI=1S/C13H18N6O/c1-8-10(7-14-16-8)13(20)19-6-4-3-5-11(19)12-15-9(2)17-18-12/h7,11H,3-6H2,1-2H3,(H,14,16)(H,15,17,18). The number of aromatic amines is 2. The molecule has 2 N–H and O–H groups in total. The molecule has 3 heterocycles. The molecule has 1 aliphatic heterocycles. The summed E-state index contributed by atoms with van der Waals surface area (Å²) in [5, 5.41) is 13.8. The molecular weight excluding hydrogens is 256 g/mol. The third-order valence-corrected chi connectivity index (χ3v) is 3.74. The number of nitrogens with one attached hydrogen (secondary N) is 2. The number of carbonyl (C=O) groups excluding carboxylic acids is 1. The largest absolute Gasteiger partial charge is 0.328 e. The highest BCUT2D eigenvalue weighted by Crippen LogP contribution is 2.30. The Kier molecular flexibility index (Phi) is 3.25. The first-order valence-electron chi connectivity index (χ1n) is 6.86. The first kappa shape index (κ1) is 12.8. The zero-order valence-electron chi connectivity index (χ0n) is 11.7. The summed E-state index contributed by atoms with van der Waals surface area (Å²) in [5.74, 6) is 1.48. The molecule has 1 saturated heterocycles. The summed E-state index contributed by atoms with van der Waals surface area (Å²) in [7, 11) is 0. The van der Waals surface area contributed by atoms with E-state index < -0.39 is 0 Å². The molecule has 0 aliphatic carbocycles. The Balaban J connectivity index is 1.89. The highest BCUT2D eigenvalue weighted by Gasteiger charge is 2.32. The van der Waals surface area contributed by atoms with E-state index in [4.69, 9.17) is 0 Å². The van der Waals surface area contributed by atoms with Crippen molar-refractivity contribution in [2.75, 3.05) is 6.54 Å². The summed E-state index contributed by atoms with van der Waals surface area (Å²) >= 11 is 0. The van der Waals surface area contributed by atoms with E-state index in [1.807, 2.05) is 18.7 Å². The molecule has 0 saturated carbocycles. The van der Waals surface area contributed by atoms with Crippen LogP contribution in [0, 0.1) is 13.8 Å². The van der Waals surface area contributed by atoms with Crippen LogP contribution in [0.1, 0.15) is 53.0 Å². The second kappa shape index (κ2) is 5.07. The Labute approximate surface area is 116 Å². The fourth-order valence-electron chi connectivity index (χ4n) is 2.67. The van der Waals surface area contributed by atoms with Gasteiger partial charge in [0.1, 0.15) is 5.82 Å². The number of aryl methyl sites for hydroxylation is 2. The zero-order valence-corrected chi connectivity index (χ0v) is 11.7. The maximum atomic E-state index is 12.7. The van der Waals surface area contributed by atoms with Gasteiger partial charge in [0.15, 0.2) is 5.82 Å². The van der Waals surface area contributed by atoms with E-state index in [-0.39, 0.29) is 11.9 Å². The van der Waals surface area contributed by atoms with Gasteiger partial charge in [-0.25, -0.2) is 4.98 Å². The third kappa shape index (κ3) is 2.19. The average Bonchev–Trinajstić information content (AvgIpc) is 3.07. The van der Waals surface area contributed by atoms with E-state index in [1.165, 1.54) is 0 Å². The second-order valence-corrected chi connectivity index (χ2v) is 5.20. The zero-order chi connectivity index (χ0) is 14.1. The van der Waals surface area contributed by atoms with Crippen molar-refractivity contribution in [2.24, 2.45) is 0 Å². The molecule has 1 atom stereocenters. The molecule has 20 heavy (non-hydrogen) atoms. The number of amides is 1. The van der Waals surface area contributed by atoms with Crippen LogP contribution in [-0.2, 0) is 0 Å². The van der Waals surface area contributed by atoms with Crippen molar-refractivity contribution in [3.63, 3.8) is 0 Å². The number of carbonyl (C=O) groups is 1. The van der Waals surface area contributed by atoms with Gasteiger partial charge in [0, 0.05) is 12.2 Å². The Morgan fingerprint density at radius 3 is 2.85 bits per heavy atom. The van der Waals surface area contributed by atoms with Gasteiger partial charge in [-0.2, -0.15) is 10.2 Å². The monoisotopic (exact) mass is 274 g/mol. The summed E-state index contributed by atoms with van der Waals surface area (Å²) in [6, 6.07) is -0.0458. The summed E-state index contributed by atoms with van der Waals surface area (Å²) in [6.45, 7) is 4.46. The third-order valence-electron chi connectivity index (χ3n) is 3.74. The van der Waals surface area contributed by atoms with Crippen LogP contribution in [0.5, 0.6) is 0 Å². The summed E-state index contributed by atoms with van der Waals surface area (Å²) in [5.41, 5.74) is 1.43. The van der Waals surface area contributed by atoms with Gasteiger partial charge in [-0.15, -0.1) is 0 Å². The van der Waals surface area contributed by atoms with Crippen LogP contribution >= 0.6 is 0 Å². The van der Waals surface area contributed by atoms with E-state index in [0.717, 1.165) is 37.3 Å². The summed E-state index contributed by atoms with van der Waals surface area (Å²) in [6.07, 6.45) is 4.60. The Morgan fingerprint density at radius 1 is 1.35 bits per heavy atom. The van der Waals surface area contributed by atoms with Crippen LogP contribution in [-0.4, -0.2) is 42.7 Å². The lowest BCUT2D eigenvalue weighted by atomic mass is 10.0. The normalized spacial score (nSPS) is 19.3. The lowest BCUT2D eigenvalue weighted by Crippen LogP contribution is -2.39. The van der Waals surface area contributed by atoms with Crippen LogP contribution < -0.4 is 0 Å². The molecule has 0 aromatic carbocycles. The molecule has 2 aromatic rings. The predicted octanol–water partition coefficient (Wildman–Crippen LogP) is 1.51. The van der Waals surface area contributed by atoms with Crippen molar-refractivity contribution in [3.8, 4) is 0 Å². The first-order chi connectivity index (χ1) is 9.66. The number of H-pyrrole nitrogens is 2. The minimum Gasteiger partial charge on any atom is -0.328 e. The quantitative estimate of drug-likeness (QED) is 0.868. The molecule has 0 radical (unpaired) electrons. The highest BCUT2D eigenvalue weighted by atomic mass is 16.2. The van der Waals surface area contributed by atoms with Gasteiger partial charge in [-0.3, -0.25) is 15.0 Å². The van der Waals surface area contributed by atoms with E-state index in [9.17, 15) is 4.79 Å². The second-order valence-electron chi connectivity index (χ2n) is 5.20. The highest BCUT2D eigenvalue weighted by molar-refractivity contribution is 5.95. The minimum atomic E-state index is -0.0458. The van der Waals surface area contributed by atoms with Crippen molar-refractivity contribution in [3.05, 3.63) is 29.1 Å². The van der Waals surface area contributed by atoms with Crippen LogP contribution in [0.4, 0.5) is 0 Å². The van der Waals surface area contributed by atoms with Crippen LogP contribution in [0.25, 0.3) is 0 Å². The van der Waals surface area contributed by atoms with Crippen molar-refractivity contribution in [1.29, 1.82) is 0 Å². The number of aromatic nitrogens is 5. The molecule has 0 bridgehead atoms. The number of likely N-dealkylation sites (tertiary alicyclic amines) is 1. The Morgan fingerprint density at radius 2 is 2.20 bits per heavy atom. The lowest BCUT2D eigenvalue weighted by molar-refractivity contribution is 0.0599. The molecule has 1 fully saturated rings. The Hall–Kier alpha value is -2.18. The molecule has 106 valence electrons. The molecule has 7 heteroatoms. The average molecular weight is 274 g/mol. The van der Waals surface area contributed by atoms with Gasteiger partial charge in [0.05, 0.1) is 17.8 Å². The lowest BCUT2D eigenvalue weighted by Gasteiger charge is -2.33. The van der Waals surface area contributed by atoms with Gasteiger partial charge in [-0.1, -0.05) is 0 Å². The Bertz CT molecular complexity index is 616. The summed E-state index contributed by atoms with van der Waals surface area (Å²) < 4.78 is 0. The van der Waals surface area contributed by atoms with Crippen LogP contribution in [0.2, 0.25) is 0 Å². The molecule has 7 nitrogen and oxygen atoms in total. The topological polar surface area (TPSA) is 90.6 Å². The van der Waals surface area contributed by atoms with Gasteiger partial charge in [0.2, 0.25) is 0 Å². The van der Waals surface area contributed by atoms with Crippen molar-refractivity contribution in [1.82, 2.24) is 30.3 Å². The SMILES string of the molecule is Cc1nc(C2CCCCN2C(=O)c2cn[nH]c2C)n[nH]1. The van der Waals surface area contributed by atoms with Gasteiger partial charge < -0.3 is 4.90 Å². The molecule has 1 aliphatic rings. The fraction of sp³-hybridized carbons (Fsp3) is 0.538. The van der Waals surface area contributed by atoms with Crippen molar-refractivity contribution >= 4 is 5.91 Å².